The van der Waals surface area contributed by atoms with E-state index in [0.717, 1.165) is 0 Å². The number of ether oxygens (including phenoxy) is 1. The summed E-state index contributed by atoms with van der Waals surface area (Å²) in [6, 6.07) is 0. The molecule has 1 saturated carbocycles. The molecule has 1 saturated heterocycles. The van der Waals surface area contributed by atoms with Crippen molar-refractivity contribution in [3.63, 3.8) is 0 Å². The second-order valence-electron chi connectivity index (χ2n) is 6.95. The van der Waals surface area contributed by atoms with Gasteiger partial charge in [-0.1, -0.05) is 12.1 Å². The zero-order valence-electron chi connectivity index (χ0n) is 12.9. The van der Waals surface area contributed by atoms with E-state index >= 15 is 0 Å². The average Bonchev–Trinajstić information content (AvgIpc) is 2.40. The molecule has 1 amide bonds. The molecule has 1 aliphatic carbocycles. The van der Waals surface area contributed by atoms with E-state index in [9.17, 15) is 9.90 Å². The van der Waals surface area contributed by atoms with Crippen molar-refractivity contribution in [1.82, 2.24) is 4.90 Å². The highest BCUT2D eigenvalue weighted by molar-refractivity contribution is 6.07. The van der Waals surface area contributed by atoms with E-state index in [1.807, 2.05) is 20.8 Å². The van der Waals surface area contributed by atoms with Crippen LogP contribution < -0.4 is 5.73 Å². The molecule has 1 aliphatic heterocycles. The number of carbonyl (C=O) groups excluding carboxylic acids is 1. The summed E-state index contributed by atoms with van der Waals surface area (Å²) in [4.78, 5) is 14.6. The van der Waals surface area contributed by atoms with Crippen molar-refractivity contribution in [2.75, 3.05) is 19.7 Å². The first-order valence-corrected chi connectivity index (χ1v) is 7.30. The van der Waals surface area contributed by atoms with Crippen LogP contribution in [0, 0.1) is 11.3 Å². The van der Waals surface area contributed by atoms with Gasteiger partial charge < -0.3 is 25.7 Å². The second-order valence-corrected chi connectivity index (χ2v) is 6.95. The largest absolute Gasteiger partial charge is 0.409 e. The highest BCUT2D eigenvalue weighted by Gasteiger charge is 2.55. The van der Waals surface area contributed by atoms with Gasteiger partial charge in [-0.25, -0.2) is 0 Å². The van der Waals surface area contributed by atoms with Gasteiger partial charge in [0.15, 0.2) is 5.84 Å². The fraction of sp³-hybridized carbons (Fsp3) is 0.857. The molecule has 4 N–H and O–H groups in total. The summed E-state index contributed by atoms with van der Waals surface area (Å²) >= 11 is 0. The van der Waals surface area contributed by atoms with Gasteiger partial charge in [0.05, 0.1) is 18.3 Å². The van der Waals surface area contributed by atoms with Gasteiger partial charge in [-0.05, 0) is 32.6 Å². The number of hydrogen-bond donors (Lipinski definition) is 3. The Balaban J connectivity index is 2.21. The predicted molar refractivity (Wildman–Crippen MR) is 76.9 cm³/mol. The highest BCUT2D eigenvalue weighted by Crippen LogP contribution is 2.47. The van der Waals surface area contributed by atoms with E-state index < -0.39 is 17.1 Å². The van der Waals surface area contributed by atoms with Crippen molar-refractivity contribution < 1.29 is 19.8 Å². The number of carbonyl (C=O) groups is 1. The van der Waals surface area contributed by atoms with Gasteiger partial charge in [0.1, 0.15) is 5.41 Å². The van der Waals surface area contributed by atoms with Crippen LogP contribution in [0.25, 0.3) is 0 Å². The van der Waals surface area contributed by atoms with Crippen LogP contribution >= 0.6 is 0 Å². The van der Waals surface area contributed by atoms with Gasteiger partial charge in [0, 0.05) is 13.1 Å². The number of nitrogens with two attached hydrogens (primary N) is 1. The summed E-state index contributed by atoms with van der Waals surface area (Å²) in [7, 11) is 0. The Hall–Kier alpha value is -1.34. The summed E-state index contributed by atoms with van der Waals surface area (Å²) in [6.45, 7) is 6.42. The monoisotopic (exact) mass is 299 g/mol. The minimum atomic E-state index is -0.901. The molecule has 2 aliphatic rings. The molecule has 0 bridgehead atoms. The molecule has 7 heteroatoms. The summed E-state index contributed by atoms with van der Waals surface area (Å²) < 4.78 is 5.72. The quantitative estimate of drug-likeness (QED) is 0.297. The Labute approximate surface area is 124 Å². The Morgan fingerprint density at radius 2 is 2.10 bits per heavy atom. The van der Waals surface area contributed by atoms with Crippen LogP contribution in [0.3, 0.4) is 0 Å². The third-order valence-corrected chi connectivity index (χ3v) is 4.37. The van der Waals surface area contributed by atoms with Gasteiger partial charge in [0.25, 0.3) is 0 Å². The molecule has 0 aromatic rings. The van der Waals surface area contributed by atoms with Crippen molar-refractivity contribution in [2.24, 2.45) is 22.2 Å². The Morgan fingerprint density at radius 3 is 2.57 bits per heavy atom. The number of aliphatic hydroxyl groups excluding tert-OH is 1. The lowest BCUT2D eigenvalue weighted by Crippen LogP contribution is -2.63. The molecular formula is C14H25N3O4. The molecular weight excluding hydrogens is 274 g/mol. The number of hydrogen-bond acceptors (Lipinski definition) is 5. The minimum Gasteiger partial charge on any atom is -0.409 e. The fourth-order valence-corrected chi connectivity index (χ4v) is 3.57. The van der Waals surface area contributed by atoms with Crippen LogP contribution in [-0.4, -0.2) is 58.4 Å². The first-order chi connectivity index (χ1) is 9.74. The van der Waals surface area contributed by atoms with Crippen LogP contribution in [0.1, 0.15) is 33.6 Å². The third-order valence-electron chi connectivity index (χ3n) is 4.37. The molecule has 120 valence electrons. The molecule has 0 radical (unpaired) electrons. The number of aliphatic hydroxyl groups is 1. The second kappa shape index (κ2) is 5.46. The van der Waals surface area contributed by atoms with Crippen molar-refractivity contribution in [2.45, 2.75) is 45.3 Å². The summed E-state index contributed by atoms with van der Waals surface area (Å²) in [5.74, 6) is 0.220. The number of oxime groups is 1. The van der Waals surface area contributed by atoms with Gasteiger partial charge >= 0.3 is 0 Å². The lowest BCUT2D eigenvalue weighted by atomic mass is 9.61. The summed E-state index contributed by atoms with van der Waals surface area (Å²) in [5, 5.41) is 21.4. The molecule has 1 atom stereocenters. The fourth-order valence-electron chi connectivity index (χ4n) is 3.57. The molecule has 1 unspecified atom stereocenters. The molecule has 21 heavy (non-hydrogen) atoms. The Bertz CT molecular complexity index is 444. The average molecular weight is 299 g/mol. The first kappa shape index (κ1) is 16.0. The smallest absolute Gasteiger partial charge is 0.236 e. The van der Waals surface area contributed by atoms with E-state index in [4.69, 9.17) is 15.7 Å². The zero-order valence-corrected chi connectivity index (χ0v) is 12.9. The standard InChI is InChI=1S/C14H25N3O4/c1-9-4-14(5-9,11(15)16-20)12(19)17-6-10(7-18)21-13(2,3)8-17/h9-10,18,20H,4-8H2,1-3H3,(H2,15,16). The summed E-state index contributed by atoms with van der Waals surface area (Å²) in [5.41, 5.74) is 4.36. The lowest BCUT2D eigenvalue weighted by molar-refractivity contribution is -0.175. The van der Waals surface area contributed by atoms with Crippen LogP contribution in [0.2, 0.25) is 0 Å². The van der Waals surface area contributed by atoms with E-state index in [1.165, 1.54) is 0 Å². The number of amidine groups is 1. The molecule has 0 aromatic carbocycles. The van der Waals surface area contributed by atoms with Crippen molar-refractivity contribution >= 4 is 11.7 Å². The predicted octanol–water partition coefficient (Wildman–Crippen LogP) is 0.147. The van der Waals surface area contributed by atoms with E-state index in [0.29, 0.717) is 31.8 Å². The SMILES string of the molecule is CC1CC(C(=O)N2CC(CO)OC(C)(C)C2)(C(N)=NO)C1. The van der Waals surface area contributed by atoms with Crippen molar-refractivity contribution in [3.05, 3.63) is 0 Å². The molecule has 2 fully saturated rings. The Morgan fingerprint density at radius 1 is 1.48 bits per heavy atom. The maximum absolute atomic E-state index is 12.9. The highest BCUT2D eigenvalue weighted by atomic mass is 16.5. The van der Waals surface area contributed by atoms with Gasteiger partial charge in [-0.3, -0.25) is 4.79 Å². The molecule has 0 spiro atoms. The van der Waals surface area contributed by atoms with Gasteiger partial charge in [-0.15, -0.1) is 0 Å². The van der Waals surface area contributed by atoms with Gasteiger partial charge in [0.2, 0.25) is 5.91 Å². The number of amides is 1. The van der Waals surface area contributed by atoms with E-state index in [2.05, 4.69) is 5.16 Å². The zero-order chi connectivity index (χ0) is 15.8. The van der Waals surface area contributed by atoms with E-state index in [-0.39, 0.29) is 18.3 Å². The number of rotatable bonds is 3. The first-order valence-electron chi connectivity index (χ1n) is 7.30. The topological polar surface area (TPSA) is 108 Å². The number of morpholine rings is 1. The maximum Gasteiger partial charge on any atom is 0.236 e. The van der Waals surface area contributed by atoms with Gasteiger partial charge in [-0.2, -0.15) is 0 Å². The number of nitrogens with zero attached hydrogens (tertiary/aromatic N) is 2. The summed E-state index contributed by atoms with van der Waals surface area (Å²) in [6.07, 6.45) is 0.770. The van der Waals surface area contributed by atoms with E-state index in [1.54, 1.807) is 4.90 Å². The third kappa shape index (κ3) is 2.85. The molecule has 1 heterocycles. The van der Waals surface area contributed by atoms with Crippen LogP contribution in [0.15, 0.2) is 5.16 Å². The minimum absolute atomic E-state index is 0.0181. The van der Waals surface area contributed by atoms with Crippen molar-refractivity contribution in [1.29, 1.82) is 0 Å². The Kier molecular flexibility index (Phi) is 4.17. The van der Waals surface area contributed by atoms with Crippen LogP contribution in [0.5, 0.6) is 0 Å². The lowest BCUT2D eigenvalue weighted by Gasteiger charge is -2.50. The maximum atomic E-state index is 12.9. The molecule has 7 nitrogen and oxygen atoms in total. The normalized spacial score (nSPS) is 36.2. The molecule has 0 aromatic heterocycles. The van der Waals surface area contributed by atoms with Crippen molar-refractivity contribution in [3.8, 4) is 0 Å². The van der Waals surface area contributed by atoms with Crippen LogP contribution in [-0.2, 0) is 9.53 Å². The molecule has 2 rings (SSSR count). The van der Waals surface area contributed by atoms with Crippen LogP contribution in [0.4, 0.5) is 0 Å².